The van der Waals surface area contributed by atoms with Gasteiger partial charge in [-0.2, -0.15) is 0 Å². The van der Waals surface area contributed by atoms with E-state index in [4.69, 9.17) is 28.0 Å². The summed E-state index contributed by atoms with van der Waals surface area (Å²) in [5.41, 5.74) is 28.1. The normalized spacial score (nSPS) is 12.3. The van der Waals surface area contributed by atoms with E-state index in [0.717, 1.165) is 33.5 Å². The number of hydrogen-bond donors (Lipinski definition) is 5. The summed E-state index contributed by atoms with van der Waals surface area (Å²) < 4.78 is 1.49. The number of benzene rings is 1. The number of nitrogen functional groups attached to an aromatic ring is 3. The monoisotopic (exact) mass is 548 g/mol. The second-order valence-electron chi connectivity index (χ2n) is 8.25. The Hall–Kier alpha value is -4.36. The number of hydrogen-bond acceptors (Lipinski definition) is 6. The first-order chi connectivity index (χ1) is 16.5. The summed E-state index contributed by atoms with van der Waals surface area (Å²) in [6.07, 6.45) is 5.67. The maximum absolute atomic E-state index is 6.68. The topological polar surface area (TPSA) is 151 Å². The Morgan fingerprint density at radius 3 is 2.11 bits per heavy atom. The van der Waals surface area contributed by atoms with Gasteiger partial charge in [0.1, 0.15) is 11.2 Å². The van der Waals surface area contributed by atoms with E-state index in [1.54, 1.807) is 6.08 Å². The van der Waals surface area contributed by atoms with E-state index in [9.17, 15) is 0 Å². The summed E-state index contributed by atoms with van der Waals surface area (Å²) in [5.74, 6) is 6.61. The van der Waals surface area contributed by atoms with E-state index in [1.165, 1.54) is 4.68 Å². The molecule has 3 aromatic heterocycles. The molecule has 0 amide bonds. The molecule has 9 heteroatoms. The van der Waals surface area contributed by atoms with E-state index in [0.29, 0.717) is 39.5 Å². The first kappa shape index (κ1) is 22.4. The molecular formula is C26H22N8Ru. The number of aromatic amines is 1. The van der Waals surface area contributed by atoms with Crippen molar-refractivity contribution in [1.29, 1.82) is 0 Å². The van der Waals surface area contributed by atoms with Crippen LogP contribution in [0.1, 0.15) is 22.8 Å². The molecule has 35 heavy (non-hydrogen) atoms. The van der Waals surface area contributed by atoms with Crippen LogP contribution in [0.15, 0.2) is 60.7 Å². The Labute approximate surface area is 213 Å². The van der Waals surface area contributed by atoms with Crippen molar-refractivity contribution in [3.8, 4) is 11.1 Å². The van der Waals surface area contributed by atoms with Gasteiger partial charge in [-0.25, -0.2) is 9.97 Å². The Balaban J connectivity index is 0.00000253. The number of nitrogens with one attached hydrogen (secondary N) is 1. The van der Waals surface area contributed by atoms with Gasteiger partial charge in [0, 0.05) is 36.1 Å². The molecule has 174 valence electrons. The zero-order valence-corrected chi connectivity index (χ0v) is 20.2. The predicted octanol–water partition coefficient (Wildman–Crippen LogP) is 3.96. The fourth-order valence-electron chi connectivity index (χ4n) is 4.42. The van der Waals surface area contributed by atoms with E-state index >= 15 is 0 Å². The van der Waals surface area contributed by atoms with E-state index in [2.05, 4.69) is 9.97 Å². The van der Waals surface area contributed by atoms with Crippen LogP contribution in [0.3, 0.4) is 0 Å². The van der Waals surface area contributed by atoms with Crippen LogP contribution in [0.2, 0.25) is 0 Å². The summed E-state index contributed by atoms with van der Waals surface area (Å²) in [7, 11) is 0. The number of H-pyrrole nitrogens is 1. The van der Waals surface area contributed by atoms with Crippen LogP contribution in [0.5, 0.6) is 0 Å². The van der Waals surface area contributed by atoms with Gasteiger partial charge >= 0.3 is 0 Å². The van der Waals surface area contributed by atoms with Crippen LogP contribution in [0.4, 0.5) is 11.4 Å². The molecule has 6 rings (SSSR count). The first-order valence-electron chi connectivity index (χ1n) is 10.8. The van der Waals surface area contributed by atoms with Gasteiger partial charge < -0.3 is 28.0 Å². The molecule has 0 radical (unpaired) electrons. The summed E-state index contributed by atoms with van der Waals surface area (Å²) in [6.45, 7) is 0. The SMILES string of the molecule is NC1=Cc2cc3ccc(cc4nc(cc5c(-c6ccccc6)c(N)c(c(N)c1n2)n5N)C=C4)[nH]3.[Ru]. The third kappa shape index (κ3) is 3.76. The molecule has 5 heterocycles. The minimum absolute atomic E-state index is 0. The average Bonchev–Trinajstić information content (AvgIpc) is 3.58. The largest absolute Gasteiger partial charge is 0.397 e. The molecule has 4 aromatic rings. The van der Waals surface area contributed by atoms with Gasteiger partial charge in [-0.15, -0.1) is 0 Å². The standard InChI is InChI=1S/C26H22N8.Ru/c27-20-12-19-11-17-7-6-15(31-17)10-16-8-9-18(32-16)13-21-22(14-4-2-1-3-5-14)23(28)26(34(21)30)24(29)25(20)33-19;/h1-13,31H,27-30H2;. The van der Waals surface area contributed by atoms with Gasteiger partial charge in [-0.3, -0.25) is 4.68 Å². The van der Waals surface area contributed by atoms with Crippen molar-refractivity contribution in [2.45, 2.75) is 0 Å². The molecular weight excluding hydrogens is 525 g/mol. The van der Waals surface area contributed by atoms with Gasteiger partial charge in [0.05, 0.1) is 39.7 Å². The molecule has 8 nitrogen and oxygen atoms in total. The van der Waals surface area contributed by atoms with Gasteiger partial charge in [0.15, 0.2) is 0 Å². The molecule has 1 aromatic carbocycles. The molecule has 0 fully saturated rings. The van der Waals surface area contributed by atoms with Crippen LogP contribution in [-0.2, 0) is 19.5 Å². The average molecular weight is 548 g/mol. The summed E-state index contributed by atoms with van der Waals surface area (Å²) in [5, 5.41) is 0. The van der Waals surface area contributed by atoms with Crippen LogP contribution in [-0.4, -0.2) is 19.6 Å². The molecule has 0 aliphatic carbocycles. The summed E-state index contributed by atoms with van der Waals surface area (Å²) in [6, 6.07) is 19.5. The summed E-state index contributed by atoms with van der Waals surface area (Å²) >= 11 is 0. The number of nitrogens with zero attached hydrogens (tertiary/aromatic N) is 3. The van der Waals surface area contributed by atoms with Crippen molar-refractivity contribution in [2.75, 3.05) is 17.3 Å². The van der Waals surface area contributed by atoms with Crippen molar-refractivity contribution in [3.05, 3.63) is 83.4 Å². The second kappa shape index (κ2) is 8.45. The number of nitrogens with two attached hydrogens (primary N) is 4. The Bertz CT molecular complexity index is 1690. The van der Waals surface area contributed by atoms with Crippen molar-refractivity contribution in [1.82, 2.24) is 19.6 Å². The minimum atomic E-state index is 0. The van der Waals surface area contributed by atoms with Crippen molar-refractivity contribution in [2.24, 2.45) is 5.73 Å². The smallest absolute Gasteiger partial charge is 0.112 e. The molecule has 0 saturated heterocycles. The number of aromatic nitrogens is 4. The fourth-order valence-corrected chi connectivity index (χ4v) is 4.42. The van der Waals surface area contributed by atoms with Crippen molar-refractivity contribution in [3.63, 3.8) is 0 Å². The Kier molecular flexibility index (Phi) is 5.42. The Morgan fingerprint density at radius 2 is 1.40 bits per heavy atom. The maximum Gasteiger partial charge on any atom is 0.112 e. The Morgan fingerprint density at radius 1 is 0.743 bits per heavy atom. The van der Waals surface area contributed by atoms with Crippen LogP contribution in [0, 0.1) is 0 Å². The summed E-state index contributed by atoms with van der Waals surface area (Å²) in [4.78, 5) is 12.7. The number of anilines is 2. The maximum atomic E-state index is 6.68. The third-order valence-corrected chi connectivity index (χ3v) is 5.98. The second-order valence-corrected chi connectivity index (χ2v) is 8.25. The van der Waals surface area contributed by atoms with E-state index in [1.807, 2.05) is 72.8 Å². The molecule has 0 saturated carbocycles. The molecule has 8 bridgehead atoms. The zero-order chi connectivity index (χ0) is 23.4. The number of rotatable bonds is 1. The van der Waals surface area contributed by atoms with Crippen molar-refractivity contribution < 1.29 is 19.5 Å². The molecule has 9 N–H and O–H groups in total. The van der Waals surface area contributed by atoms with Gasteiger partial charge in [0.25, 0.3) is 0 Å². The predicted molar refractivity (Wildman–Crippen MR) is 140 cm³/mol. The minimum Gasteiger partial charge on any atom is -0.397 e. The molecule has 0 unspecified atom stereocenters. The molecule has 2 aliphatic heterocycles. The van der Waals surface area contributed by atoms with Crippen LogP contribution < -0.4 is 23.0 Å². The molecule has 0 spiro atoms. The third-order valence-electron chi connectivity index (χ3n) is 5.98. The fraction of sp³-hybridized carbons (Fsp3) is 0. The van der Waals surface area contributed by atoms with Gasteiger partial charge in [-0.1, -0.05) is 30.3 Å². The van der Waals surface area contributed by atoms with Crippen LogP contribution >= 0.6 is 0 Å². The first-order valence-corrected chi connectivity index (χ1v) is 10.8. The quantitative estimate of drug-likeness (QED) is 0.158. The number of fused-ring (bicyclic) bond motifs is 8. The zero-order valence-electron chi connectivity index (χ0n) is 18.5. The van der Waals surface area contributed by atoms with Crippen LogP contribution in [0.25, 0.3) is 57.1 Å². The van der Waals surface area contributed by atoms with E-state index in [-0.39, 0.29) is 19.5 Å². The van der Waals surface area contributed by atoms with E-state index < -0.39 is 0 Å². The molecule has 2 aliphatic rings. The van der Waals surface area contributed by atoms with Gasteiger partial charge in [-0.05, 0) is 54.1 Å². The van der Waals surface area contributed by atoms with Gasteiger partial charge in [0.2, 0.25) is 0 Å². The van der Waals surface area contributed by atoms with Crippen molar-refractivity contribution >= 4 is 57.4 Å². The molecule has 0 atom stereocenters.